The molecule has 1 aliphatic heterocycles. The Kier molecular flexibility index (Phi) is 4.05. The van der Waals surface area contributed by atoms with E-state index in [0.717, 1.165) is 43.1 Å². The Bertz CT molecular complexity index is 885. The van der Waals surface area contributed by atoms with E-state index in [1.165, 1.54) is 5.56 Å². The molecule has 1 unspecified atom stereocenters. The van der Waals surface area contributed by atoms with Crippen LogP contribution in [0, 0.1) is 6.92 Å². The number of fused-ring (bicyclic) bond motifs is 1. The van der Waals surface area contributed by atoms with Gasteiger partial charge in [-0.2, -0.15) is 0 Å². The van der Waals surface area contributed by atoms with Crippen LogP contribution in [0.1, 0.15) is 29.9 Å². The van der Waals surface area contributed by atoms with Crippen molar-refractivity contribution < 1.29 is 5.11 Å². The van der Waals surface area contributed by atoms with E-state index in [4.69, 9.17) is 0 Å². The van der Waals surface area contributed by atoms with Gasteiger partial charge in [0.25, 0.3) is 0 Å². The summed E-state index contributed by atoms with van der Waals surface area (Å²) in [5.74, 6) is 0.828. The lowest BCUT2D eigenvalue weighted by Gasteiger charge is -2.38. The first-order valence-corrected chi connectivity index (χ1v) is 8.73. The van der Waals surface area contributed by atoms with Crippen LogP contribution in [0.3, 0.4) is 0 Å². The molecule has 0 amide bonds. The normalized spacial score (nSPS) is 21.9. The van der Waals surface area contributed by atoms with Crippen LogP contribution >= 0.6 is 0 Å². The van der Waals surface area contributed by atoms with Crippen molar-refractivity contribution in [3.63, 3.8) is 0 Å². The molecule has 0 aliphatic carbocycles. The monoisotopic (exact) mass is 340 g/mol. The zero-order chi connectivity index (χ0) is 17.4. The Morgan fingerprint density at radius 3 is 3.00 bits per heavy atom. The Morgan fingerprint density at radius 1 is 1.32 bits per heavy atom. The molecule has 1 atom stereocenters. The van der Waals surface area contributed by atoms with E-state index in [1.54, 1.807) is 6.33 Å². The van der Waals surface area contributed by atoms with Crippen molar-refractivity contribution in [2.45, 2.75) is 38.3 Å². The van der Waals surface area contributed by atoms with Crippen LogP contribution in [0.25, 0.3) is 5.65 Å². The molecule has 0 radical (unpaired) electrons. The third kappa shape index (κ3) is 3.29. The Morgan fingerprint density at radius 2 is 2.20 bits per heavy atom. The Hall–Kier alpha value is -2.25. The number of aromatic nitrogens is 5. The van der Waals surface area contributed by atoms with Gasteiger partial charge in [0.2, 0.25) is 0 Å². The van der Waals surface area contributed by atoms with Crippen molar-refractivity contribution in [3.05, 3.63) is 47.9 Å². The third-order valence-corrected chi connectivity index (χ3v) is 5.04. The van der Waals surface area contributed by atoms with Crippen LogP contribution in [-0.2, 0) is 20.0 Å². The number of imidazole rings is 1. The van der Waals surface area contributed by atoms with Crippen LogP contribution < -0.4 is 0 Å². The zero-order valence-corrected chi connectivity index (χ0v) is 14.8. The number of rotatable bonds is 4. The highest BCUT2D eigenvalue weighted by molar-refractivity contribution is 5.41. The predicted octanol–water partition coefficient (Wildman–Crippen LogP) is 1.34. The van der Waals surface area contributed by atoms with Crippen LogP contribution in [0.4, 0.5) is 0 Å². The van der Waals surface area contributed by atoms with E-state index >= 15 is 0 Å². The van der Waals surface area contributed by atoms with Gasteiger partial charge in [0, 0.05) is 32.8 Å². The van der Waals surface area contributed by atoms with Gasteiger partial charge in [-0.05, 0) is 37.9 Å². The number of hydrogen-bond acceptors (Lipinski definition) is 5. The summed E-state index contributed by atoms with van der Waals surface area (Å²) in [6.07, 6.45) is 8.04. The highest BCUT2D eigenvalue weighted by Crippen LogP contribution is 2.26. The number of aliphatic hydroxyl groups is 1. The number of aryl methyl sites for hydroxylation is 2. The molecule has 1 N–H and O–H groups in total. The van der Waals surface area contributed by atoms with E-state index in [9.17, 15) is 5.11 Å². The summed E-state index contributed by atoms with van der Waals surface area (Å²) in [6, 6.07) is 4.12. The minimum atomic E-state index is -0.755. The minimum absolute atomic E-state index is 0.534. The molecule has 0 bridgehead atoms. The fourth-order valence-electron chi connectivity index (χ4n) is 3.73. The van der Waals surface area contributed by atoms with Gasteiger partial charge in [0.15, 0.2) is 0 Å². The average Bonchev–Trinajstić information content (AvgIpc) is 3.14. The zero-order valence-electron chi connectivity index (χ0n) is 14.8. The van der Waals surface area contributed by atoms with Gasteiger partial charge in [-0.25, -0.2) is 4.98 Å². The van der Waals surface area contributed by atoms with Crippen molar-refractivity contribution in [1.29, 1.82) is 0 Å². The molecule has 0 saturated carbocycles. The lowest BCUT2D eigenvalue weighted by atomic mass is 9.89. The molecular weight excluding hydrogens is 316 g/mol. The first-order valence-electron chi connectivity index (χ1n) is 8.73. The number of hydrogen-bond donors (Lipinski definition) is 1. The maximum Gasteiger partial charge on any atom is 0.136 e. The largest absolute Gasteiger partial charge is 0.388 e. The molecule has 0 aromatic carbocycles. The quantitative estimate of drug-likeness (QED) is 0.776. The SMILES string of the molecule is Cc1ccc2ncc(CN3CCCC(O)(Cc4nncn4C)C3)n2c1. The Labute approximate surface area is 146 Å². The highest BCUT2D eigenvalue weighted by atomic mass is 16.3. The van der Waals surface area contributed by atoms with E-state index in [0.29, 0.717) is 13.0 Å². The van der Waals surface area contributed by atoms with Gasteiger partial charge in [0.1, 0.15) is 17.8 Å². The van der Waals surface area contributed by atoms with Crippen molar-refractivity contribution >= 4 is 5.65 Å². The fourth-order valence-corrected chi connectivity index (χ4v) is 3.73. The van der Waals surface area contributed by atoms with Gasteiger partial charge in [-0.1, -0.05) is 6.07 Å². The lowest BCUT2D eigenvalue weighted by molar-refractivity contribution is -0.0348. The summed E-state index contributed by atoms with van der Waals surface area (Å²) in [5.41, 5.74) is 2.58. The molecule has 132 valence electrons. The number of pyridine rings is 1. The number of likely N-dealkylation sites (tertiary alicyclic amines) is 1. The van der Waals surface area contributed by atoms with Crippen LogP contribution in [-0.4, -0.2) is 52.8 Å². The molecule has 3 aromatic rings. The summed E-state index contributed by atoms with van der Waals surface area (Å²) >= 11 is 0. The van der Waals surface area contributed by atoms with E-state index in [-0.39, 0.29) is 0 Å². The van der Waals surface area contributed by atoms with Gasteiger partial charge < -0.3 is 14.1 Å². The number of piperidine rings is 1. The summed E-state index contributed by atoms with van der Waals surface area (Å²) in [4.78, 5) is 6.80. The number of nitrogens with zero attached hydrogens (tertiary/aromatic N) is 6. The second kappa shape index (κ2) is 6.24. The molecule has 3 aromatic heterocycles. The molecule has 4 rings (SSSR count). The van der Waals surface area contributed by atoms with Gasteiger partial charge in [-0.3, -0.25) is 4.90 Å². The molecule has 25 heavy (non-hydrogen) atoms. The second-order valence-corrected chi connectivity index (χ2v) is 7.26. The smallest absolute Gasteiger partial charge is 0.136 e. The van der Waals surface area contributed by atoms with Crippen LogP contribution in [0.5, 0.6) is 0 Å². The van der Waals surface area contributed by atoms with E-state index < -0.39 is 5.60 Å². The van der Waals surface area contributed by atoms with Gasteiger partial charge >= 0.3 is 0 Å². The molecule has 1 saturated heterocycles. The summed E-state index contributed by atoms with van der Waals surface area (Å²) in [5, 5.41) is 19.1. The maximum atomic E-state index is 11.1. The third-order valence-electron chi connectivity index (χ3n) is 5.04. The molecule has 1 fully saturated rings. The van der Waals surface area contributed by atoms with Gasteiger partial charge in [-0.15, -0.1) is 10.2 Å². The van der Waals surface area contributed by atoms with Crippen molar-refractivity contribution in [2.75, 3.05) is 13.1 Å². The van der Waals surface area contributed by atoms with Gasteiger partial charge in [0.05, 0.1) is 17.5 Å². The summed E-state index contributed by atoms with van der Waals surface area (Å²) < 4.78 is 4.02. The molecule has 1 aliphatic rings. The standard InChI is InChI=1S/C18H24N6O/c1-14-4-5-16-19-9-15(24(16)10-14)11-23-7-3-6-18(25,12-23)8-17-21-20-13-22(17)2/h4-5,9-10,13,25H,3,6-8,11-12H2,1-2H3. The van der Waals surface area contributed by atoms with Crippen LogP contribution in [0.15, 0.2) is 30.9 Å². The average molecular weight is 340 g/mol. The second-order valence-electron chi connectivity index (χ2n) is 7.26. The summed E-state index contributed by atoms with van der Waals surface area (Å²) in [7, 11) is 1.92. The molecule has 7 heteroatoms. The topological polar surface area (TPSA) is 71.5 Å². The molecule has 4 heterocycles. The van der Waals surface area contributed by atoms with Crippen LogP contribution in [0.2, 0.25) is 0 Å². The van der Waals surface area contributed by atoms with E-state index in [2.05, 4.69) is 43.7 Å². The first kappa shape index (κ1) is 16.2. The van der Waals surface area contributed by atoms with Crippen molar-refractivity contribution in [3.8, 4) is 0 Å². The predicted molar refractivity (Wildman–Crippen MR) is 94.1 cm³/mol. The van der Waals surface area contributed by atoms with E-state index in [1.807, 2.05) is 23.9 Å². The first-order chi connectivity index (χ1) is 12.0. The summed E-state index contributed by atoms with van der Waals surface area (Å²) in [6.45, 7) is 4.49. The highest BCUT2D eigenvalue weighted by Gasteiger charge is 2.35. The molecule has 0 spiro atoms. The fraction of sp³-hybridized carbons (Fsp3) is 0.500. The van der Waals surface area contributed by atoms with Crippen molar-refractivity contribution in [2.24, 2.45) is 7.05 Å². The molecular formula is C18H24N6O. The molecule has 7 nitrogen and oxygen atoms in total. The minimum Gasteiger partial charge on any atom is -0.388 e. The lowest BCUT2D eigenvalue weighted by Crippen LogP contribution is -2.49. The van der Waals surface area contributed by atoms with Crippen molar-refractivity contribution in [1.82, 2.24) is 29.0 Å². The Balaban J connectivity index is 1.51. The maximum absolute atomic E-state index is 11.1. The number of β-amino-alcohol motifs (C(OH)–C–C–N with tert-alkyl or cyclic N) is 1.